The number of rotatable bonds is 16. The molecule has 0 spiro atoms. The molecule has 0 saturated carbocycles. The molecule has 0 amide bonds. The molecule has 240 valence electrons. The van der Waals surface area contributed by atoms with Crippen LogP contribution in [0.5, 0.6) is 0 Å². The summed E-state index contributed by atoms with van der Waals surface area (Å²) >= 11 is 0. The van der Waals surface area contributed by atoms with E-state index in [0.29, 0.717) is 10.8 Å². The summed E-state index contributed by atoms with van der Waals surface area (Å²) < 4.78 is 68.2. The number of fused-ring (bicyclic) bond motifs is 2. The van der Waals surface area contributed by atoms with Crippen LogP contribution in [0.2, 0.25) is 0 Å². The monoisotopic (exact) mass is 678 g/mol. The van der Waals surface area contributed by atoms with Crippen molar-refractivity contribution < 1.29 is 25.9 Å². The first-order valence-electron chi connectivity index (χ1n) is 16.0. The van der Waals surface area contributed by atoms with Gasteiger partial charge in [0.05, 0.1) is 9.79 Å². The SMILES string of the molecule is CCCCCCCCc1cccc2c(S(=O)(=O)[O-])cccc12.CCCCCCCCc1cccc2c(S(=O)(=O)[O-])cccc12.[Ca+2]. The second-order valence-corrected chi connectivity index (χ2v) is 14.2. The van der Waals surface area contributed by atoms with Crippen molar-refractivity contribution in [3.8, 4) is 0 Å². The van der Waals surface area contributed by atoms with Crippen LogP contribution in [0.3, 0.4) is 0 Å². The minimum absolute atomic E-state index is 0. The summed E-state index contributed by atoms with van der Waals surface area (Å²) in [6.45, 7) is 4.41. The van der Waals surface area contributed by atoms with Crippen LogP contribution in [0.15, 0.2) is 82.6 Å². The van der Waals surface area contributed by atoms with Crippen molar-refractivity contribution in [1.29, 1.82) is 0 Å². The van der Waals surface area contributed by atoms with E-state index in [2.05, 4.69) is 13.8 Å². The Bertz CT molecular complexity index is 1570. The average molecular weight is 679 g/mol. The predicted octanol–water partition coefficient (Wildman–Crippen LogP) is 8.91. The Morgan fingerprint density at radius 1 is 0.444 bits per heavy atom. The Kier molecular flexibility index (Phi) is 17.6. The molecule has 4 aromatic rings. The maximum Gasteiger partial charge on any atom is 2.00 e. The van der Waals surface area contributed by atoms with Crippen LogP contribution in [-0.2, 0) is 33.1 Å². The normalized spacial score (nSPS) is 11.6. The van der Waals surface area contributed by atoms with Gasteiger partial charge >= 0.3 is 37.7 Å². The minimum atomic E-state index is -4.43. The zero-order valence-corrected chi connectivity index (χ0v) is 30.6. The van der Waals surface area contributed by atoms with Gasteiger partial charge in [-0.05, 0) is 70.5 Å². The summed E-state index contributed by atoms with van der Waals surface area (Å²) in [4.78, 5) is -0.232. The van der Waals surface area contributed by atoms with Gasteiger partial charge in [-0.25, -0.2) is 16.8 Å². The minimum Gasteiger partial charge on any atom is -0.744 e. The predicted molar refractivity (Wildman–Crippen MR) is 184 cm³/mol. The van der Waals surface area contributed by atoms with E-state index in [-0.39, 0.29) is 47.5 Å². The molecule has 45 heavy (non-hydrogen) atoms. The standard InChI is InChI=1S/2C18H24O3S.Ca/c2*1-2-3-4-5-6-7-10-15-11-8-13-17-16(15)12-9-14-18(17)22(19,20)21;/h2*8-9,11-14H,2-7,10H2,1H3,(H,19,20,21);/q;;+2/p-2. The van der Waals surface area contributed by atoms with Gasteiger partial charge in [-0.3, -0.25) is 0 Å². The maximum absolute atomic E-state index is 11.4. The molecule has 6 nitrogen and oxygen atoms in total. The molecule has 0 N–H and O–H groups in total. The average Bonchev–Trinajstić information content (AvgIpc) is 2.99. The van der Waals surface area contributed by atoms with Crippen molar-refractivity contribution in [3.05, 3.63) is 83.9 Å². The van der Waals surface area contributed by atoms with Crippen LogP contribution in [0.1, 0.15) is 102 Å². The zero-order valence-electron chi connectivity index (χ0n) is 26.8. The summed E-state index contributed by atoms with van der Waals surface area (Å²) in [7, 11) is -8.86. The van der Waals surface area contributed by atoms with E-state index in [0.717, 1.165) is 47.6 Å². The van der Waals surface area contributed by atoms with Crippen LogP contribution < -0.4 is 0 Å². The molecule has 0 bridgehead atoms. The van der Waals surface area contributed by atoms with Crippen molar-refractivity contribution in [2.24, 2.45) is 0 Å². The molecule has 0 heterocycles. The smallest absolute Gasteiger partial charge is 0.744 e. The largest absolute Gasteiger partial charge is 2.00 e. The Balaban J connectivity index is 0.000000307. The molecule has 4 rings (SSSR count). The second kappa shape index (κ2) is 20.0. The Morgan fingerprint density at radius 2 is 0.756 bits per heavy atom. The maximum atomic E-state index is 11.4. The van der Waals surface area contributed by atoms with Crippen LogP contribution in [-0.4, -0.2) is 63.7 Å². The summed E-state index contributed by atoms with van der Waals surface area (Å²) in [5.41, 5.74) is 2.25. The van der Waals surface area contributed by atoms with Crippen LogP contribution >= 0.6 is 0 Å². The third kappa shape index (κ3) is 12.5. The van der Waals surface area contributed by atoms with Crippen LogP contribution in [0, 0.1) is 0 Å². The van der Waals surface area contributed by atoms with Crippen molar-refractivity contribution in [1.82, 2.24) is 0 Å². The van der Waals surface area contributed by atoms with Crippen molar-refractivity contribution >= 4 is 79.5 Å². The third-order valence-electron chi connectivity index (χ3n) is 8.08. The molecular formula is C36H46CaO6S2. The van der Waals surface area contributed by atoms with E-state index in [1.807, 2.05) is 36.4 Å². The molecule has 0 radical (unpaired) electrons. The summed E-state index contributed by atoms with van der Waals surface area (Å²) in [5, 5.41) is 2.85. The van der Waals surface area contributed by atoms with Gasteiger partial charge in [0, 0.05) is 0 Å². The molecule has 0 unspecified atom stereocenters. The van der Waals surface area contributed by atoms with E-state index < -0.39 is 20.2 Å². The first kappa shape index (κ1) is 39.7. The number of hydrogen-bond donors (Lipinski definition) is 0. The molecule has 4 aromatic carbocycles. The van der Waals surface area contributed by atoms with E-state index in [1.54, 1.807) is 24.3 Å². The van der Waals surface area contributed by atoms with Gasteiger partial charge in [0.1, 0.15) is 20.2 Å². The topological polar surface area (TPSA) is 114 Å². The molecule has 0 aliphatic carbocycles. The van der Waals surface area contributed by atoms with Gasteiger partial charge in [-0.15, -0.1) is 0 Å². The fourth-order valence-electron chi connectivity index (χ4n) is 5.76. The van der Waals surface area contributed by atoms with Crippen LogP contribution in [0.4, 0.5) is 0 Å². The van der Waals surface area contributed by atoms with Crippen molar-refractivity contribution in [2.45, 2.75) is 114 Å². The zero-order chi connectivity index (χ0) is 32.0. The van der Waals surface area contributed by atoms with Gasteiger partial charge in [0.25, 0.3) is 0 Å². The fraction of sp³-hybridized carbons (Fsp3) is 0.444. The van der Waals surface area contributed by atoms with E-state index in [1.165, 1.54) is 76.3 Å². The molecular weight excluding hydrogens is 633 g/mol. The first-order valence-corrected chi connectivity index (χ1v) is 18.8. The molecule has 0 atom stereocenters. The molecule has 0 aliphatic rings. The third-order valence-corrected chi connectivity index (χ3v) is 9.87. The van der Waals surface area contributed by atoms with Gasteiger partial charge in [-0.1, -0.05) is 139 Å². The van der Waals surface area contributed by atoms with E-state index in [4.69, 9.17) is 0 Å². The molecule has 0 aliphatic heterocycles. The first-order chi connectivity index (χ1) is 21.1. The molecule has 0 fully saturated rings. The van der Waals surface area contributed by atoms with Crippen LogP contribution in [0.25, 0.3) is 21.5 Å². The Hall–Kier alpha value is -1.52. The summed E-state index contributed by atoms with van der Waals surface area (Å²) in [5.74, 6) is 0. The van der Waals surface area contributed by atoms with Gasteiger partial charge in [0.2, 0.25) is 0 Å². The van der Waals surface area contributed by atoms with E-state index >= 15 is 0 Å². The number of benzene rings is 4. The van der Waals surface area contributed by atoms with Crippen molar-refractivity contribution in [2.75, 3.05) is 0 Å². The summed E-state index contributed by atoms with van der Waals surface area (Å²) in [6.07, 6.45) is 16.5. The number of hydrogen-bond acceptors (Lipinski definition) is 6. The molecule has 9 heteroatoms. The number of aryl methyl sites for hydroxylation is 2. The van der Waals surface area contributed by atoms with Gasteiger partial charge in [0.15, 0.2) is 0 Å². The van der Waals surface area contributed by atoms with E-state index in [9.17, 15) is 25.9 Å². The van der Waals surface area contributed by atoms with Crippen molar-refractivity contribution in [3.63, 3.8) is 0 Å². The molecule has 0 aromatic heterocycles. The second-order valence-electron chi connectivity index (χ2n) is 11.5. The van der Waals surface area contributed by atoms with Gasteiger partial charge < -0.3 is 9.11 Å². The Morgan fingerprint density at radius 3 is 1.11 bits per heavy atom. The fourth-order valence-corrected chi connectivity index (χ4v) is 7.14. The summed E-state index contributed by atoms with van der Waals surface area (Å²) in [6, 6.07) is 21.0. The Labute approximate surface area is 300 Å². The van der Waals surface area contributed by atoms with Gasteiger partial charge in [-0.2, -0.15) is 0 Å². The number of unbranched alkanes of at least 4 members (excludes halogenated alkanes) is 10. The molecule has 0 saturated heterocycles. The quantitative estimate of drug-likeness (QED) is 0.0664.